The molecule has 0 aliphatic carbocycles. The van der Waals surface area contributed by atoms with Crippen molar-refractivity contribution in [1.82, 2.24) is 0 Å². The van der Waals surface area contributed by atoms with Crippen molar-refractivity contribution in [3.05, 3.63) is 44.3 Å². The highest BCUT2D eigenvalue weighted by atomic mass is 32.1. The lowest BCUT2D eigenvalue weighted by Gasteiger charge is -2.15. The molecule has 0 amide bonds. The van der Waals surface area contributed by atoms with E-state index in [1.807, 2.05) is 22.9 Å². The number of ketones is 1. The van der Waals surface area contributed by atoms with Crippen molar-refractivity contribution in [3.8, 4) is 0 Å². The molecule has 0 fully saturated rings. The van der Waals surface area contributed by atoms with Gasteiger partial charge in [0.2, 0.25) is 5.78 Å². The lowest BCUT2D eigenvalue weighted by atomic mass is 9.95. The van der Waals surface area contributed by atoms with E-state index >= 15 is 0 Å². The Labute approximate surface area is 104 Å². The van der Waals surface area contributed by atoms with E-state index in [4.69, 9.17) is 0 Å². The highest BCUT2D eigenvalue weighted by molar-refractivity contribution is 7.14. The Morgan fingerprint density at radius 2 is 1.94 bits per heavy atom. The van der Waals surface area contributed by atoms with Crippen LogP contribution < -0.4 is 0 Å². The minimum absolute atomic E-state index is 0.123. The molecular weight excluding hydrogens is 236 g/mol. The van der Waals surface area contributed by atoms with Gasteiger partial charge >= 0.3 is 0 Å². The Kier molecular flexibility index (Phi) is 3.00. The van der Waals surface area contributed by atoms with Crippen LogP contribution in [0.3, 0.4) is 0 Å². The molecule has 2 rings (SSSR count). The second-order valence-electron chi connectivity index (χ2n) is 4.76. The van der Waals surface area contributed by atoms with Crippen LogP contribution >= 0.6 is 22.7 Å². The van der Waals surface area contributed by atoms with Gasteiger partial charge in [0.25, 0.3) is 0 Å². The van der Waals surface area contributed by atoms with Crippen molar-refractivity contribution in [2.75, 3.05) is 0 Å². The van der Waals surface area contributed by atoms with E-state index in [1.165, 1.54) is 4.88 Å². The van der Waals surface area contributed by atoms with Crippen molar-refractivity contribution in [1.29, 1.82) is 0 Å². The fourth-order valence-electron chi connectivity index (χ4n) is 1.40. The Bertz CT molecular complexity index is 486. The van der Waals surface area contributed by atoms with Crippen molar-refractivity contribution in [3.63, 3.8) is 0 Å². The quantitative estimate of drug-likeness (QED) is 0.725. The molecule has 2 aromatic rings. The summed E-state index contributed by atoms with van der Waals surface area (Å²) in [7, 11) is 0. The van der Waals surface area contributed by atoms with Gasteiger partial charge in [0.05, 0.1) is 4.88 Å². The molecule has 84 valence electrons. The van der Waals surface area contributed by atoms with Crippen LogP contribution in [0.4, 0.5) is 0 Å². The van der Waals surface area contributed by atoms with E-state index in [-0.39, 0.29) is 11.2 Å². The molecule has 2 heterocycles. The topological polar surface area (TPSA) is 17.1 Å². The summed E-state index contributed by atoms with van der Waals surface area (Å²) in [6, 6.07) is 5.87. The number of hydrogen-bond acceptors (Lipinski definition) is 3. The van der Waals surface area contributed by atoms with Gasteiger partial charge in [-0.05, 0) is 29.0 Å². The number of carbonyl (C=O) groups excluding carboxylic acids is 1. The molecule has 0 saturated heterocycles. The minimum Gasteiger partial charge on any atom is -0.288 e. The molecule has 0 aliphatic heterocycles. The average molecular weight is 250 g/mol. The first-order valence-corrected chi connectivity index (χ1v) is 6.91. The van der Waals surface area contributed by atoms with E-state index in [1.54, 1.807) is 22.7 Å². The maximum absolute atomic E-state index is 12.1. The monoisotopic (exact) mass is 250 g/mol. The van der Waals surface area contributed by atoms with Crippen LogP contribution in [0.2, 0.25) is 0 Å². The summed E-state index contributed by atoms with van der Waals surface area (Å²) in [4.78, 5) is 14.2. The zero-order valence-corrected chi connectivity index (χ0v) is 11.2. The van der Waals surface area contributed by atoms with E-state index in [9.17, 15) is 4.79 Å². The molecule has 2 aromatic heterocycles. The molecule has 1 nitrogen and oxygen atoms in total. The molecule has 0 aliphatic rings. The number of carbonyl (C=O) groups is 1. The molecule has 0 aromatic carbocycles. The Morgan fingerprint density at radius 3 is 2.44 bits per heavy atom. The van der Waals surface area contributed by atoms with Crippen molar-refractivity contribution in [2.45, 2.75) is 26.2 Å². The lowest BCUT2D eigenvalue weighted by molar-refractivity contribution is 0.104. The molecule has 0 N–H and O–H groups in total. The van der Waals surface area contributed by atoms with Gasteiger partial charge in [-0.2, -0.15) is 11.3 Å². The van der Waals surface area contributed by atoms with Crippen LogP contribution in [0.15, 0.2) is 29.0 Å². The summed E-state index contributed by atoms with van der Waals surface area (Å²) in [5, 5.41) is 3.84. The van der Waals surface area contributed by atoms with Gasteiger partial charge in [0.1, 0.15) is 0 Å². The number of thiophene rings is 2. The smallest absolute Gasteiger partial charge is 0.203 e. The summed E-state index contributed by atoms with van der Waals surface area (Å²) in [5.41, 5.74) is 0.921. The van der Waals surface area contributed by atoms with Crippen LogP contribution in [0, 0.1) is 0 Å². The van der Waals surface area contributed by atoms with Crippen LogP contribution in [-0.2, 0) is 5.41 Å². The Morgan fingerprint density at radius 1 is 1.19 bits per heavy atom. The normalized spacial score (nSPS) is 11.7. The third kappa shape index (κ3) is 2.25. The molecule has 0 atom stereocenters. The Balaban J connectivity index is 2.30. The number of hydrogen-bond donors (Lipinski definition) is 0. The van der Waals surface area contributed by atoms with Crippen LogP contribution in [0.25, 0.3) is 0 Å². The standard InChI is InChI=1S/C13H14OS2/c1-13(2,3)11-5-4-10(16-11)12(14)9-6-7-15-8-9/h4-8H,1-3H3. The Hall–Kier alpha value is -0.930. The highest BCUT2D eigenvalue weighted by Gasteiger charge is 2.19. The third-order valence-corrected chi connectivity index (χ3v) is 4.55. The molecule has 0 unspecified atom stereocenters. The van der Waals surface area contributed by atoms with Crippen LogP contribution in [0.5, 0.6) is 0 Å². The molecule has 0 spiro atoms. The summed E-state index contributed by atoms with van der Waals surface area (Å²) < 4.78 is 0. The molecule has 0 bridgehead atoms. The van der Waals surface area contributed by atoms with Crippen LogP contribution in [0.1, 0.15) is 40.9 Å². The number of rotatable bonds is 2. The summed E-state index contributed by atoms with van der Waals surface area (Å²) >= 11 is 3.16. The lowest BCUT2D eigenvalue weighted by Crippen LogP contribution is -2.07. The fourth-order valence-corrected chi connectivity index (χ4v) is 3.06. The molecule has 3 heteroatoms. The molecule has 0 saturated carbocycles. The second kappa shape index (κ2) is 4.15. The molecule has 0 radical (unpaired) electrons. The molecule has 16 heavy (non-hydrogen) atoms. The fraction of sp³-hybridized carbons (Fsp3) is 0.308. The largest absolute Gasteiger partial charge is 0.288 e. The van der Waals surface area contributed by atoms with Gasteiger partial charge in [-0.1, -0.05) is 20.8 Å². The van der Waals surface area contributed by atoms with Gasteiger partial charge in [-0.15, -0.1) is 11.3 Å². The van der Waals surface area contributed by atoms with Crippen molar-refractivity contribution in [2.24, 2.45) is 0 Å². The zero-order valence-electron chi connectivity index (χ0n) is 9.61. The maximum Gasteiger partial charge on any atom is 0.203 e. The second-order valence-corrected chi connectivity index (χ2v) is 6.62. The van der Waals surface area contributed by atoms with Gasteiger partial charge in [-0.25, -0.2) is 0 Å². The summed E-state index contributed by atoms with van der Waals surface area (Å²) in [5.74, 6) is 0.141. The first-order chi connectivity index (χ1) is 7.48. The van der Waals surface area contributed by atoms with Crippen molar-refractivity contribution >= 4 is 28.5 Å². The molecular formula is C13H14OS2. The van der Waals surface area contributed by atoms with Gasteiger partial charge in [0.15, 0.2) is 0 Å². The first-order valence-electron chi connectivity index (χ1n) is 5.16. The highest BCUT2D eigenvalue weighted by Crippen LogP contribution is 2.30. The van der Waals surface area contributed by atoms with Crippen LogP contribution in [-0.4, -0.2) is 5.78 Å². The first kappa shape index (κ1) is 11.6. The summed E-state index contributed by atoms with van der Waals surface area (Å²) in [6.45, 7) is 6.49. The van der Waals surface area contributed by atoms with Gasteiger partial charge in [0, 0.05) is 15.8 Å². The third-order valence-electron chi connectivity index (χ3n) is 2.35. The van der Waals surface area contributed by atoms with E-state index in [0.717, 1.165) is 10.4 Å². The predicted octanol–water partition coefficient (Wildman–Crippen LogP) is 4.34. The average Bonchev–Trinajstić information content (AvgIpc) is 2.87. The van der Waals surface area contributed by atoms with E-state index < -0.39 is 0 Å². The van der Waals surface area contributed by atoms with Gasteiger partial charge < -0.3 is 0 Å². The van der Waals surface area contributed by atoms with E-state index in [0.29, 0.717) is 0 Å². The van der Waals surface area contributed by atoms with Crippen molar-refractivity contribution < 1.29 is 4.79 Å². The minimum atomic E-state index is 0.123. The van der Waals surface area contributed by atoms with Gasteiger partial charge in [-0.3, -0.25) is 4.79 Å². The SMILES string of the molecule is CC(C)(C)c1ccc(C(=O)c2ccsc2)s1. The predicted molar refractivity (Wildman–Crippen MR) is 70.8 cm³/mol. The maximum atomic E-state index is 12.1. The summed E-state index contributed by atoms with van der Waals surface area (Å²) in [6.07, 6.45) is 0. The zero-order chi connectivity index (χ0) is 11.8. The van der Waals surface area contributed by atoms with E-state index in [2.05, 4.69) is 26.8 Å².